The molecule has 1 aliphatic rings. The summed E-state index contributed by atoms with van der Waals surface area (Å²) in [6.07, 6.45) is 5.40. The lowest BCUT2D eigenvalue weighted by atomic mass is 9.93. The first-order chi connectivity index (χ1) is 11.2. The molecule has 1 nitrogen and oxygen atoms in total. The molecular weight excluding hydrogens is 278 g/mol. The molecule has 1 aliphatic carbocycles. The van der Waals surface area contributed by atoms with E-state index in [1.807, 2.05) is 0 Å². The standard InChI is InChI=1S/C22H23N/c1-15-12-16(2)14-18(13-15)21-11-10-20-19(17-6-3-4-7-17)8-5-9-22(20)23-21/h5,8-14,17H,3-4,6-7H2,1-2H3. The third-order valence-corrected chi connectivity index (χ3v) is 5.08. The highest BCUT2D eigenvalue weighted by atomic mass is 14.7. The van der Waals surface area contributed by atoms with Gasteiger partial charge in [-0.15, -0.1) is 0 Å². The molecule has 1 saturated carbocycles. The topological polar surface area (TPSA) is 12.9 Å². The van der Waals surface area contributed by atoms with E-state index < -0.39 is 0 Å². The lowest BCUT2D eigenvalue weighted by molar-refractivity contribution is 0.729. The molecule has 0 atom stereocenters. The van der Waals surface area contributed by atoms with Gasteiger partial charge in [0, 0.05) is 10.9 Å². The molecule has 116 valence electrons. The van der Waals surface area contributed by atoms with Gasteiger partial charge >= 0.3 is 0 Å². The number of pyridine rings is 1. The molecule has 0 spiro atoms. The maximum absolute atomic E-state index is 4.96. The van der Waals surface area contributed by atoms with Crippen LogP contribution in [0.4, 0.5) is 0 Å². The van der Waals surface area contributed by atoms with Crippen LogP contribution in [-0.2, 0) is 0 Å². The van der Waals surface area contributed by atoms with Crippen molar-refractivity contribution in [2.45, 2.75) is 45.4 Å². The van der Waals surface area contributed by atoms with Gasteiger partial charge in [0.15, 0.2) is 0 Å². The Labute approximate surface area is 138 Å². The first-order valence-electron chi connectivity index (χ1n) is 8.69. The summed E-state index contributed by atoms with van der Waals surface area (Å²) in [6.45, 7) is 4.30. The van der Waals surface area contributed by atoms with E-state index in [1.54, 1.807) is 0 Å². The monoisotopic (exact) mass is 301 g/mol. The maximum atomic E-state index is 4.96. The Morgan fingerprint density at radius 1 is 0.870 bits per heavy atom. The molecule has 0 bridgehead atoms. The summed E-state index contributed by atoms with van der Waals surface area (Å²) in [5.74, 6) is 0.729. The van der Waals surface area contributed by atoms with Crippen LogP contribution in [0.25, 0.3) is 22.2 Å². The van der Waals surface area contributed by atoms with E-state index in [2.05, 4.69) is 62.4 Å². The molecule has 2 aromatic carbocycles. The molecule has 23 heavy (non-hydrogen) atoms. The summed E-state index contributed by atoms with van der Waals surface area (Å²) in [5, 5.41) is 1.34. The number of hydrogen-bond donors (Lipinski definition) is 0. The average Bonchev–Trinajstić information content (AvgIpc) is 3.07. The predicted octanol–water partition coefficient (Wildman–Crippen LogP) is 6.18. The van der Waals surface area contributed by atoms with Gasteiger partial charge < -0.3 is 0 Å². The molecule has 1 heterocycles. The zero-order valence-corrected chi connectivity index (χ0v) is 14.0. The van der Waals surface area contributed by atoms with Crippen molar-refractivity contribution in [2.75, 3.05) is 0 Å². The van der Waals surface area contributed by atoms with Crippen molar-refractivity contribution in [3.63, 3.8) is 0 Å². The summed E-state index contributed by atoms with van der Waals surface area (Å²) in [4.78, 5) is 4.96. The highest BCUT2D eigenvalue weighted by Crippen LogP contribution is 2.37. The molecule has 0 radical (unpaired) electrons. The Morgan fingerprint density at radius 3 is 2.35 bits per heavy atom. The molecule has 0 saturated heterocycles. The Hall–Kier alpha value is -2.15. The molecule has 0 N–H and O–H groups in total. The molecular formula is C22H23N. The van der Waals surface area contributed by atoms with Crippen LogP contribution in [0.15, 0.2) is 48.5 Å². The van der Waals surface area contributed by atoms with Crippen molar-refractivity contribution >= 4 is 10.9 Å². The van der Waals surface area contributed by atoms with Crippen LogP contribution in [0.5, 0.6) is 0 Å². The summed E-state index contributed by atoms with van der Waals surface area (Å²) in [7, 11) is 0. The zero-order valence-electron chi connectivity index (χ0n) is 14.0. The van der Waals surface area contributed by atoms with Gasteiger partial charge in [-0.05, 0) is 62.4 Å². The van der Waals surface area contributed by atoms with Crippen molar-refractivity contribution < 1.29 is 0 Å². The normalized spacial score (nSPS) is 15.4. The zero-order chi connectivity index (χ0) is 15.8. The Balaban J connectivity index is 1.82. The number of nitrogens with zero attached hydrogens (tertiary/aromatic N) is 1. The first kappa shape index (κ1) is 14.4. The third-order valence-electron chi connectivity index (χ3n) is 5.08. The highest BCUT2D eigenvalue weighted by molar-refractivity contribution is 5.85. The van der Waals surface area contributed by atoms with Crippen molar-refractivity contribution in [3.8, 4) is 11.3 Å². The van der Waals surface area contributed by atoms with Gasteiger partial charge in [-0.3, -0.25) is 0 Å². The Kier molecular flexibility index (Phi) is 3.65. The second kappa shape index (κ2) is 5.81. The minimum atomic E-state index is 0.729. The predicted molar refractivity (Wildman–Crippen MR) is 97.9 cm³/mol. The second-order valence-electron chi connectivity index (χ2n) is 6.97. The van der Waals surface area contributed by atoms with Crippen molar-refractivity contribution in [1.82, 2.24) is 4.98 Å². The van der Waals surface area contributed by atoms with Gasteiger partial charge in [0.2, 0.25) is 0 Å². The number of benzene rings is 2. The van der Waals surface area contributed by atoms with Crippen LogP contribution >= 0.6 is 0 Å². The largest absolute Gasteiger partial charge is 0.248 e. The fourth-order valence-corrected chi connectivity index (χ4v) is 4.05. The summed E-state index contributed by atoms with van der Waals surface area (Å²) in [6, 6.07) is 17.8. The van der Waals surface area contributed by atoms with Crippen molar-refractivity contribution in [2.24, 2.45) is 0 Å². The number of hydrogen-bond acceptors (Lipinski definition) is 1. The summed E-state index contributed by atoms with van der Waals surface area (Å²) in [5.41, 5.74) is 7.51. The molecule has 3 aromatic rings. The molecule has 0 amide bonds. The van der Waals surface area contributed by atoms with Gasteiger partial charge in [0.25, 0.3) is 0 Å². The van der Waals surface area contributed by atoms with Crippen molar-refractivity contribution in [1.29, 1.82) is 0 Å². The SMILES string of the molecule is Cc1cc(C)cc(-c2ccc3c(C4CCCC4)cccc3n2)c1. The van der Waals surface area contributed by atoms with Crippen LogP contribution in [0.3, 0.4) is 0 Å². The van der Waals surface area contributed by atoms with Crippen LogP contribution < -0.4 is 0 Å². The minimum absolute atomic E-state index is 0.729. The van der Waals surface area contributed by atoms with Crippen LogP contribution in [0.1, 0.15) is 48.3 Å². The maximum Gasteiger partial charge on any atom is 0.0712 e. The number of fused-ring (bicyclic) bond motifs is 1. The van der Waals surface area contributed by atoms with Crippen LogP contribution in [0, 0.1) is 13.8 Å². The number of rotatable bonds is 2. The van der Waals surface area contributed by atoms with Crippen LogP contribution in [0.2, 0.25) is 0 Å². The minimum Gasteiger partial charge on any atom is -0.248 e. The van der Waals surface area contributed by atoms with E-state index in [9.17, 15) is 0 Å². The van der Waals surface area contributed by atoms with Gasteiger partial charge in [0.05, 0.1) is 11.2 Å². The molecule has 1 aromatic heterocycles. The van der Waals surface area contributed by atoms with Gasteiger partial charge in [-0.25, -0.2) is 4.98 Å². The number of aromatic nitrogens is 1. The Bertz CT molecular complexity index is 837. The lowest BCUT2D eigenvalue weighted by Crippen LogP contribution is -1.95. The fourth-order valence-electron chi connectivity index (χ4n) is 4.05. The number of aryl methyl sites for hydroxylation is 2. The summed E-state index contributed by atoms with van der Waals surface area (Å²) < 4.78 is 0. The van der Waals surface area contributed by atoms with Gasteiger partial charge in [0.1, 0.15) is 0 Å². The van der Waals surface area contributed by atoms with E-state index in [0.717, 1.165) is 17.1 Å². The lowest BCUT2D eigenvalue weighted by Gasteiger charge is -2.13. The highest BCUT2D eigenvalue weighted by Gasteiger charge is 2.19. The molecule has 0 unspecified atom stereocenters. The average molecular weight is 301 g/mol. The second-order valence-corrected chi connectivity index (χ2v) is 6.97. The van der Waals surface area contributed by atoms with E-state index in [-0.39, 0.29) is 0 Å². The van der Waals surface area contributed by atoms with Gasteiger partial charge in [-0.1, -0.05) is 48.2 Å². The quantitative estimate of drug-likeness (QED) is 0.551. The fraction of sp³-hybridized carbons (Fsp3) is 0.318. The molecule has 4 rings (SSSR count). The van der Waals surface area contributed by atoms with E-state index in [1.165, 1.54) is 53.3 Å². The smallest absolute Gasteiger partial charge is 0.0712 e. The molecule has 0 aliphatic heterocycles. The molecule has 1 heteroatoms. The van der Waals surface area contributed by atoms with Crippen molar-refractivity contribution in [3.05, 3.63) is 65.2 Å². The summed E-state index contributed by atoms with van der Waals surface area (Å²) >= 11 is 0. The third kappa shape index (κ3) is 2.76. The van der Waals surface area contributed by atoms with E-state index >= 15 is 0 Å². The Morgan fingerprint density at radius 2 is 1.61 bits per heavy atom. The first-order valence-corrected chi connectivity index (χ1v) is 8.69. The van der Waals surface area contributed by atoms with Gasteiger partial charge in [-0.2, -0.15) is 0 Å². The van der Waals surface area contributed by atoms with E-state index in [0.29, 0.717) is 0 Å². The molecule has 1 fully saturated rings. The van der Waals surface area contributed by atoms with Crippen LogP contribution in [-0.4, -0.2) is 4.98 Å². The van der Waals surface area contributed by atoms with E-state index in [4.69, 9.17) is 4.98 Å².